The highest BCUT2D eigenvalue weighted by Crippen LogP contribution is 2.33. The Labute approximate surface area is 111 Å². The van der Waals surface area contributed by atoms with Gasteiger partial charge in [-0.2, -0.15) is 0 Å². The van der Waals surface area contributed by atoms with Crippen molar-refractivity contribution in [2.45, 2.75) is 63.6 Å². The number of hydrogen-bond acceptors (Lipinski definition) is 3. The van der Waals surface area contributed by atoms with Crippen LogP contribution in [0.5, 0.6) is 0 Å². The molecule has 3 heteroatoms. The molecule has 1 N–H and O–H groups in total. The minimum Gasteiger partial charge on any atom is -0.377 e. The molecule has 3 aliphatic rings. The van der Waals surface area contributed by atoms with E-state index in [-0.39, 0.29) is 0 Å². The zero-order valence-corrected chi connectivity index (χ0v) is 11.7. The number of nitrogens with zero attached hydrogens (tertiary/aromatic N) is 1. The van der Waals surface area contributed by atoms with Gasteiger partial charge >= 0.3 is 0 Å². The van der Waals surface area contributed by atoms with E-state index in [4.69, 9.17) is 4.74 Å². The molecule has 1 saturated carbocycles. The van der Waals surface area contributed by atoms with E-state index in [1.54, 1.807) is 0 Å². The molecule has 2 heterocycles. The summed E-state index contributed by atoms with van der Waals surface area (Å²) in [6.45, 7) is 6.73. The van der Waals surface area contributed by atoms with E-state index in [0.29, 0.717) is 6.10 Å². The Bertz CT molecular complexity index is 257. The second-order valence-corrected chi connectivity index (χ2v) is 6.54. The Balaban J connectivity index is 1.50. The zero-order chi connectivity index (χ0) is 12.4. The van der Waals surface area contributed by atoms with E-state index < -0.39 is 0 Å². The summed E-state index contributed by atoms with van der Waals surface area (Å²) in [5.41, 5.74) is 0. The second kappa shape index (κ2) is 5.89. The highest BCUT2D eigenvalue weighted by molar-refractivity contribution is 4.94. The molecule has 0 aromatic heterocycles. The van der Waals surface area contributed by atoms with E-state index in [1.807, 2.05) is 0 Å². The molecule has 0 spiro atoms. The maximum absolute atomic E-state index is 5.73. The van der Waals surface area contributed by atoms with E-state index in [9.17, 15) is 0 Å². The average molecular weight is 252 g/mol. The van der Waals surface area contributed by atoms with Gasteiger partial charge in [0.05, 0.1) is 6.10 Å². The molecule has 18 heavy (non-hydrogen) atoms. The second-order valence-electron chi connectivity index (χ2n) is 6.54. The van der Waals surface area contributed by atoms with Gasteiger partial charge in [-0.25, -0.2) is 0 Å². The minimum atomic E-state index is 0.413. The lowest BCUT2D eigenvalue weighted by molar-refractivity contribution is 0.0666. The van der Waals surface area contributed by atoms with E-state index in [0.717, 1.165) is 31.2 Å². The summed E-state index contributed by atoms with van der Waals surface area (Å²) in [5.74, 6) is 0.976. The molecular formula is C15H28N2O. The molecule has 2 saturated heterocycles. The zero-order valence-electron chi connectivity index (χ0n) is 11.7. The van der Waals surface area contributed by atoms with Gasteiger partial charge in [0.25, 0.3) is 0 Å². The van der Waals surface area contributed by atoms with Crippen LogP contribution in [0, 0.1) is 5.92 Å². The van der Waals surface area contributed by atoms with Crippen molar-refractivity contribution in [2.75, 3.05) is 26.2 Å². The first-order valence-corrected chi connectivity index (χ1v) is 7.91. The summed E-state index contributed by atoms with van der Waals surface area (Å²) >= 11 is 0. The molecule has 3 nitrogen and oxygen atoms in total. The van der Waals surface area contributed by atoms with Gasteiger partial charge in [0.1, 0.15) is 0 Å². The standard InChI is InChI=1S/C15H28N2O/c1-12-10-17(7-4-8-18-12)11-14-9-13-5-2-3-6-15(13)16-14/h12-16H,2-11H2,1H3. The normalized spacial score (nSPS) is 42.5. The third kappa shape index (κ3) is 3.06. The lowest BCUT2D eigenvalue weighted by atomic mass is 9.85. The third-order valence-electron chi connectivity index (χ3n) is 4.96. The molecule has 4 unspecified atom stereocenters. The number of hydrogen-bond donors (Lipinski definition) is 1. The van der Waals surface area contributed by atoms with Crippen LogP contribution >= 0.6 is 0 Å². The monoisotopic (exact) mass is 252 g/mol. The van der Waals surface area contributed by atoms with Crippen LogP contribution in [-0.2, 0) is 4.74 Å². The minimum absolute atomic E-state index is 0.413. The van der Waals surface area contributed by atoms with Gasteiger partial charge < -0.3 is 10.1 Å². The van der Waals surface area contributed by atoms with Gasteiger partial charge in [-0.1, -0.05) is 12.8 Å². The molecule has 3 fully saturated rings. The maximum Gasteiger partial charge on any atom is 0.0673 e. The summed E-state index contributed by atoms with van der Waals surface area (Å²) < 4.78 is 5.73. The molecule has 3 rings (SSSR count). The lowest BCUT2D eigenvalue weighted by Gasteiger charge is -2.26. The van der Waals surface area contributed by atoms with Crippen LogP contribution in [0.2, 0.25) is 0 Å². The van der Waals surface area contributed by atoms with Gasteiger partial charge in [0.2, 0.25) is 0 Å². The van der Waals surface area contributed by atoms with Gasteiger partial charge in [0.15, 0.2) is 0 Å². The van der Waals surface area contributed by atoms with Crippen molar-refractivity contribution in [2.24, 2.45) is 5.92 Å². The Morgan fingerprint density at radius 3 is 3.00 bits per heavy atom. The van der Waals surface area contributed by atoms with Crippen LogP contribution in [0.3, 0.4) is 0 Å². The largest absolute Gasteiger partial charge is 0.377 e. The quantitative estimate of drug-likeness (QED) is 0.814. The Hall–Kier alpha value is -0.120. The van der Waals surface area contributed by atoms with Gasteiger partial charge in [-0.05, 0) is 38.5 Å². The summed E-state index contributed by atoms with van der Waals surface area (Å²) in [4.78, 5) is 2.62. The first kappa shape index (κ1) is 12.9. The first-order valence-electron chi connectivity index (χ1n) is 7.91. The molecule has 4 atom stereocenters. The lowest BCUT2D eigenvalue weighted by Crippen LogP contribution is -2.42. The number of ether oxygens (including phenoxy) is 1. The maximum atomic E-state index is 5.73. The predicted octanol–water partition coefficient (Wildman–Crippen LogP) is 2.02. The topological polar surface area (TPSA) is 24.5 Å². The highest BCUT2D eigenvalue weighted by Gasteiger charge is 2.35. The van der Waals surface area contributed by atoms with Crippen molar-refractivity contribution in [1.29, 1.82) is 0 Å². The van der Waals surface area contributed by atoms with Crippen LogP contribution in [0.1, 0.15) is 45.4 Å². The summed E-state index contributed by atoms with van der Waals surface area (Å²) in [7, 11) is 0. The summed E-state index contributed by atoms with van der Waals surface area (Å²) in [6.07, 6.45) is 8.81. The van der Waals surface area contributed by atoms with Crippen LogP contribution in [0.25, 0.3) is 0 Å². The molecular weight excluding hydrogens is 224 g/mol. The molecule has 0 radical (unpaired) electrons. The van der Waals surface area contributed by atoms with E-state index >= 15 is 0 Å². The van der Waals surface area contributed by atoms with Crippen LogP contribution in [0.4, 0.5) is 0 Å². The molecule has 0 amide bonds. The van der Waals surface area contributed by atoms with Crippen LogP contribution in [0.15, 0.2) is 0 Å². The smallest absolute Gasteiger partial charge is 0.0673 e. The Morgan fingerprint density at radius 2 is 2.11 bits per heavy atom. The predicted molar refractivity (Wildman–Crippen MR) is 73.8 cm³/mol. The summed E-state index contributed by atoms with van der Waals surface area (Å²) in [5, 5.41) is 3.89. The fraction of sp³-hybridized carbons (Fsp3) is 1.00. The van der Waals surface area contributed by atoms with Crippen molar-refractivity contribution in [3.8, 4) is 0 Å². The van der Waals surface area contributed by atoms with Crippen molar-refractivity contribution in [3.05, 3.63) is 0 Å². The third-order valence-corrected chi connectivity index (χ3v) is 4.96. The Morgan fingerprint density at radius 1 is 1.22 bits per heavy atom. The average Bonchev–Trinajstić information content (AvgIpc) is 2.65. The summed E-state index contributed by atoms with van der Waals surface area (Å²) in [6, 6.07) is 1.58. The Kier molecular flexibility index (Phi) is 4.22. The molecule has 104 valence electrons. The SMILES string of the molecule is CC1CN(CC2CC3CCCCC3N2)CCCO1. The fourth-order valence-electron chi connectivity index (χ4n) is 4.13. The number of fused-ring (bicyclic) bond motifs is 1. The van der Waals surface area contributed by atoms with Gasteiger partial charge in [0, 0.05) is 38.3 Å². The first-order chi connectivity index (χ1) is 8.81. The van der Waals surface area contributed by atoms with Gasteiger partial charge in [-0.3, -0.25) is 4.90 Å². The van der Waals surface area contributed by atoms with Crippen molar-refractivity contribution >= 4 is 0 Å². The molecule has 0 aromatic rings. The van der Waals surface area contributed by atoms with Crippen molar-refractivity contribution in [3.63, 3.8) is 0 Å². The van der Waals surface area contributed by atoms with Crippen LogP contribution in [-0.4, -0.2) is 49.3 Å². The highest BCUT2D eigenvalue weighted by atomic mass is 16.5. The fourth-order valence-corrected chi connectivity index (χ4v) is 4.13. The van der Waals surface area contributed by atoms with E-state index in [2.05, 4.69) is 17.1 Å². The van der Waals surface area contributed by atoms with Gasteiger partial charge in [-0.15, -0.1) is 0 Å². The number of rotatable bonds is 2. The molecule has 0 bridgehead atoms. The van der Waals surface area contributed by atoms with Crippen molar-refractivity contribution < 1.29 is 4.74 Å². The van der Waals surface area contributed by atoms with E-state index in [1.165, 1.54) is 51.6 Å². The van der Waals surface area contributed by atoms with Crippen molar-refractivity contribution in [1.82, 2.24) is 10.2 Å². The molecule has 1 aliphatic carbocycles. The molecule has 0 aromatic carbocycles. The van der Waals surface area contributed by atoms with Crippen LogP contribution < -0.4 is 5.32 Å². The molecule has 2 aliphatic heterocycles. The number of nitrogens with one attached hydrogen (secondary N) is 1.